The summed E-state index contributed by atoms with van der Waals surface area (Å²) in [4.78, 5) is 4.36. The molecular weight excluding hydrogens is 332 g/mol. The van der Waals surface area contributed by atoms with E-state index in [4.69, 9.17) is 0 Å². The van der Waals surface area contributed by atoms with Gasteiger partial charge < -0.3 is 4.57 Å². The third-order valence-electron chi connectivity index (χ3n) is 4.17. The minimum atomic E-state index is -3.32. The molecule has 0 unspecified atom stereocenters. The smallest absolute Gasteiger partial charge is 0.177 e. The van der Waals surface area contributed by atoms with Crippen LogP contribution in [0.3, 0.4) is 0 Å². The second-order valence-electron chi connectivity index (χ2n) is 5.94. The summed E-state index contributed by atoms with van der Waals surface area (Å²) in [5.41, 5.74) is 3.79. The van der Waals surface area contributed by atoms with Crippen molar-refractivity contribution in [2.75, 3.05) is 6.26 Å². The van der Waals surface area contributed by atoms with Crippen LogP contribution in [0.25, 0.3) is 27.8 Å². The average Bonchev–Trinajstić information content (AvgIpc) is 3.01. The molecule has 0 atom stereocenters. The van der Waals surface area contributed by atoms with Gasteiger partial charge >= 0.3 is 0 Å². The quantitative estimate of drug-likeness (QED) is 0.560. The van der Waals surface area contributed by atoms with E-state index in [2.05, 4.69) is 11.1 Å². The van der Waals surface area contributed by atoms with Crippen molar-refractivity contribution in [2.45, 2.75) is 4.90 Å². The minimum absolute atomic E-state index is 0.210. The molecule has 0 N–H and O–H groups in total. The standard InChI is InChI=1S/C20H16N2O2S/c1-25(23,24)18-12-17(13-21-14-18)22-19-10-6-5-9-16(19)11-20(22)15-7-3-2-4-8-15/h2-14H,1H3. The van der Waals surface area contributed by atoms with E-state index < -0.39 is 9.84 Å². The van der Waals surface area contributed by atoms with Gasteiger partial charge in [0.25, 0.3) is 0 Å². The Labute approximate surface area is 146 Å². The van der Waals surface area contributed by atoms with E-state index in [0.717, 1.165) is 27.8 Å². The molecule has 2 aromatic carbocycles. The molecule has 0 radical (unpaired) electrons. The summed E-state index contributed by atoms with van der Waals surface area (Å²) in [6.07, 6.45) is 4.26. The third-order valence-corrected chi connectivity index (χ3v) is 5.24. The van der Waals surface area contributed by atoms with Crippen LogP contribution in [0.1, 0.15) is 0 Å². The zero-order valence-corrected chi connectivity index (χ0v) is 14.4. The molecule has 0 aliphatic heterocycles. The van der Waals surface area contributed by atoms with Crippen LogP contribution in [0.2, 0.25) is 0 Å². The Morgan fingerprint density at radius 1 is 0.880 bits per heavy atom. The fraction of sp³-hybridized carbons (Fsp3) is 0.0500. The Balaban J connectivity index is 2.04. The molecule has 4 aromatic rings. The molecule has 0 bridgehead atoms. The van der Waals surface area contributed by atoms with E-state index >= 15 is 0 Å². The van der Waals surface area contributed by atoms with Gasteiger partial charge in [0, 0.05) is 17.8 Å². The number of nitrogens with zero attached hydrogens (tertiary/aromatic N) is 2. The normalized spacial score (nSPS) is 11.7. The molecule has 124 valence electrons. The maximum atomic E-state index is 11.9. The Kier molecular flexibility index (Phi) is 3.66. The lowest BCUT2D eigenvalue weighted by Gasteiger charge is -2.12. The molecule has 25 heavy (non-hydrogen) atoms. The molecule has 0 amide bonds. The molecule has 0 fully saturated rings. The van der Waals surface area contributed by atoms with E-state index in [-0.39, 0.29) is 4.90 Å². The lowest BCUT2D eigenvalue weighted by atomic mass is 10.1. The second kappa shape index (κ2) is 5.86. The molecule has 0 aliphatic rings. The number of rotatable bonds is 3. The van der Waals surface area contributed by atoms with E-state index in [1.54, 1.807) is 12.3 Å². The highest BCUT2D eigenvalue weighted by Gasteiger charge is 2.15. The van der Waals surface area contributed by atoms with Gasteiger partial charge in [-0.2, -0.15) is 0 Å². The van der Waals surface area contributed by atoms with Crippen molar-refractivity contribution < 1.29 is 8.42 Å². The van der Waals surface area contributed by atoms with E-state index in [0.29, 0.717) is 0 Å². The zero-order valence-electron chi connectivity index (χ0n) is 13.6. The van der Waals surface area contributed by atoms with Crippen molar-refractivity contribution in [3.8, 4) is 16.9 Å². The average molecular weight is 348 g/mol. The predicted molar refractivity (Wildman–Crippen MR) is 99.6 cm³/mol. The van der Waals surface area contributed by atoms with Crippen molar-refractivity contribution in [3.63, 3.8) is 0 Å². The summed E-state index contributed by atoms with van der Waals surface area (Å²) in [5.74, 6) is 0. The van der Waals surface area contributed by atoms with Crippen molar-refractivity contribution in [1.29, 1.82) is 0 Å². The maximum absolute atomic E-state index is 11.9. The van der Waals surface area contributed by atoms with E-state index in [9.17, 15) is 8.42 Å². The van der Waals surface area contributed by atoms with E-state index in [1.165, 1.54) is 12.5 Å². The Morgan fingerprint density at radius 2 is 1.60 bits per heavy atom. The largest absolute Gasteiger partial charge is 0.308 e. The second-order valence-corrected chi connectivity index (χ2v) is 7.96. The van der Waals surface area contributed by atoms with Crippen LogP contribution in [0.4, 0.5) is 0 Å². The monoisotopic (exact) mass is 348 g/mol. The van der Waals surface area contributed by atoms with Gasteiger partial charge in [-0.3, -0.25) is 4.98 Å². The summed E-state index contributed by atoms with van der Waals surface area (Å²) < 4.78 is 25.9. The fourth-order valence-corrected chi connectivity index (χ4v) is 3.57. The Morgan fingerprint density at radius 3 is 2.36 bits per heavy atom. The fourth-order valence-electron chi connectivity index (χ4n) is 2.99. The highest BCUT2D eigenvalue weighted by atomic mass is 32.2. The van der Waals surface area contributed by atoms with Crippen molar-refractivity contribution >= 4 is 20.7 Å². The molecule has 0 saturated heterocycles. The lowest BCUT2D eigenvalue weighted by molar-refractivity contribution is 0.601. The highest BCUT2D eigenvalue weighted by Crippen LogP contribution is 2.31. The maximum Gasteiger partial charge on any atom is 0.177 e. The van der Waals surface area contributed by atoms with E-state index in [1.807, 2.05) is 59.2 Å². The van der Waals surface area contributed by atoms with Crippen LogP contribution in [-0.4, -0.2) is 24.2 Å². The molecule has 0 saturated carbocycles. The minimum Gasteiger partial charge on any atom is -0.308 e. The van der Waals surface area contributed by atoms with Gasteiger partial charge in [-0.15, -0.1) is 0 Å². The molecule has 0 aliphatic carbocycles. The van der Waals surface area contributed by atoms with Gasteiger partial charge in [-0.1, -0.05) is 48.5 Å². The van der Waals surface area contributed by atoms with Crippen LogP contribution >= 0.6 is 0 Å². The summed E-state index contributed by atoms with van der Waals surface area (Å²) in [7, 11) is -3.32. The first-order valence-electron chi connectivity index (χ1n) is 7.85. The van der Waals surface area contributed by atoms with Gasteiger partial charge in [0.1, 0.15) is 0 Å². The van der Waals surface area contributed by atoms with Crippen molar-refractivity contribution in [1.82, 2.24) is 9.55 Å². The number of hydrogen-bond donors (Lipinski definition) is 0. The SMILES string of the molecule is CS(=O)(=O)c1cncc(-n2c(-c3ccccc3)cc3ccccc32)c1. The highest BCUT2D eigenvalue weighted by molar-refractivity contribution is 7.90. The number of aromatic nitrogens is 2. The van der Waals surface area contributed by atoms with Crippen molar-refractivity contribution in [2.24, 2.45) is 0 Å². The first kappa shape index (κ1) is 15.6. The molecule has 2 heterocycles. The van der Waals surface area contributed by atoms with Crippen LogP contribution in [0.15, 0.2) is 84.0 Å². The Bertz CT molecular complexity index is 1160. The predicted octanol–water partition coefficient (Wildman–Crippen LogP) is 4.10. The van der Waals surface area contributed by atoms with Crippen molar-refractivity contribution in [3.05, 3.63) is 79.1 Å². The number of pyridine rings is 1. The Hall–Kier alpha value is -2.92. The van der Waals surface area contributed by atoms with Gasteiger partial charge in [-0.05, 0) is 23.8 Å². The number of sulfone groups is 1. The van der Waals surface area contributed by atoms with Crippen LogP contribution in [-0.2, 0) is 9.84 Å². The lowest BCUT2D eigenvalue weighted by Crippen LogP contribution is -2.02. The van der Waals surface area contributed by atoms with Gasteiger partial charge in [-0.25, -0.2) is 8.42 Å². The van der Waals surface area contributed by atoms with Crippen LogP contribution < -0.4 is 0 Å². The van der Waals surface area contributed by atoms with Crippen LogP contribution in [0.5, 0.6) is 0 Å². The number of hydrogen-bond acceptors (Lipinski definition) is 3. The molecule has 5 heteroatoms. The third kappa shape index (κ3) is 2.83. The summed E-state index contributed by atoms with van der Waals surface area (Å²) in [5, 5.41) is 1.09. The van der Waals surface area contributed by atoms with Gasteiger partial charge in [0.15, 0.2) is 9.84 Å². The first-order valence-corrected chi connectivity index (χ1v) is 9.74. The van der Waals surface area contributed by atoms with Crippen LogP contribution in [0, 0.1) is 0 Å². The van der Waals surface area contributed by atoms with Gasteiger partial charge in [0.2, 0.25) is 0 Å². The molecule has 4 nitrogen and oxygen atoms in total. The number of benzene rings is 2. The number of fused-ring (bicyclic) bond motifs is 1. The summed E-state index contributed by atoms with van der Waals surface area (Å²) in [6, 6.07) is 21.8. The topological polar surface area (TPSA) is 52.0 Å². The van der Waals surface area contributed by atoms with Gasteiger partial charge in [0.05, 0.1) is 28.0 Å². The first-order chi connectivity index (χ1) is 12.0. The molecule has 4 rings (SSSR count). The molecular formula is C20H16N2O2S. The summed E-state index contributed by atoms with van der Waals surface area (Å²) >= 11 is 0. The summed E-state index contributed by atoms with van der Waals surface area (Å²) in [6.45, 7) is 0. The molecule has 0 spiro atoms. The molecule has 2 aromatic heterocycles. The number of para-hydroxylation sites is 1. The zero-order chi connectivity index (χ0) is 17.4.